The van der Waals surface area contributed by atoms with Gasteiger partial charge in [0.05, 0.1) is 20.8 Å². The van der Waals surface area contributed by atoms with Crippen molar-refractivity contribution in [3.63, 3.8) is 0 Å². The lowest BCUT2D eigenvalue weighted by Crippen LogP contribution is -2.48. The maximum absolute atomic E-state index is 12.5. The lowest BCUT2D eigenvalue weighted by molar-refractivity contribution is -0.128. The molecule has 2 heterocycles. The van der Waals surface area contributed by atoms with Gasteiger partial charge in [-0.2, -0.15) is 4.98 Å². The SMILES string of the molecule is CCC(C)(C)NC(=O)C1CCN(Cc2nc(-c3ccc(OC)c(OC)c3)no2)CC1. The van der Waals surface area contributed by atoms with E-state index < -0.39 is 0 Å². The number of nitrogens with zero attached hydrogens (tertiary/aromatic N) is 3. The van der Waals surface area contributed by atoms with Gasteiger partial charge >= 0.3 is 0 Å². The van der Waals surface area contributed by atoms with Crippen LogP contribution in [-0.2, 0) is 11.3 Å². The van der Waals surface area contributed by atoms with Crippen molar-refractivity contribution < 1.29 is 18.8 Å². The van der Waals surface area contributed by atoms with E-state index in [0.717, 1.165) is 37.9 Å². The van der Waals surface area contributed by atoms with Crippen molar-refractivity contribution in [1.82, 2.24) is 20.4 Å². The van der Waals surface area contributed by atoms with Gasteiger partial charge in [0.2, 0.25) is 17.6 Å². The molecule has 0 atom stereocenters. The van der Waals surface area contributed by atoms with Crippen molar-refractivity contribution in [1.29, 1.82) is 0 Å². The number of hydrogen-bond acceptors (Lipinski definition) is 7. The van der Waals surface area contributed by atoms with Gasteiger partial charge in [-0.3, -0.25) is 9.69 Å². The highest BCUT2D eigenvalue weighted by Gasteiger charge is 2.29. The summed E-state index contributed by atoms with van der Waals surface area (Å²) >= 11 is 0. The van der Waals surface area contributed by atoms with Gasteiger partial charge < -0.3 is 19.3 Å². The number of hydrogen-bond donors (Lipinski definition) is 1. The van der Waals surface area contributed by atoms with Gasteiger partial charge in [0.25, 0.3) is 0 Å². The quantitative estimate of drug-likeness (QED) is 0.706. The van der Waals surface area contributed by atoms with Crippen molar-refractivity contribution in [2.45, 2.75) is 52.1 Å². The Morgan fingerprint density at radius 2 is 1.93 bits per heavy atom. The number of carbonyl (C=O) groups excluding carboxylic acids is 1. The molecule has 30 heavy (non-hydrogen) atoms. The second kappa shape index (κ2) is 9.47. The molecule has 2 aromatic rings. The highest BCUT2D eigenvalue weighted by Crippen LogP contribution is 2.31. The van der Waals surface area contributed by atoms with Crippen LogP contribution in [0.15, 0.2) is 22.7 Å². The Bertz CT molecular complexity index is 857. The van der Waals surface area contributed by atoms with E-state index in [1.807, 2.05) is 18.2 Å². The molecule has 1 N–H and O–H groups in total. The molecular weight excluding hydrogens is 384 g/mol. The van der Waals surface area contributed by atoms with Crippen molar-refractivity contribution in [2.24, 2.45) is 5.92 Å². The van der Waals surface area contributed by atoms with Crippen LogP contribution in [0, 0.1) is 5.92 Å². The molecule has 0 unspecified atom stereocenters. The van der Waals surface area contributed by atoms with Gasteiger partial charge in [-0.1, -0.05) is 12.1 Å². The summed E-state index contributed by atoms with van der Waals surface area (Å²) in [5.74, 6) is 2.58. The lowest BCUT2D eigenvalue weighted by atomic mass is 9.93. The second-order valence-corrected chi connectivity index (χ2v) is 8.36. The van der Waals surface area contributed by atoms with Gasteiger partial charge in [-0.25, -0.2) is 0 Å². The topological polar surface area (TPSA) is 89.7 Å². The number of amides is 1. The van der Waals surface area contributed by atoms with Crippen LogP contribution in [0.4, 0.5) is 0 Å². The van der Waals surface area contributed by atoms with Crippen LogP contribution in [0.1, 0.15) is 45.9 Å². The molecule has 8 heteroatoms. The van der Waals surface area contributed by atoms with Crippen molar-refractivity contribution in [3.05, 3.63) is 24.1 Å². The zero-order chi connectivity index (χ0) is 21.7. The fourth-order valence-corrected chi connectivity index (χ4v) is 3.48. The zero-order valence-electron chi connectivity index (χ0n) is 18.5. The Hall–Kier alpha value is -2.61. The number of rotatable bonds is 8. The molecule has 1 saturated heterocycles. The molecular formula is C22H32N4O4. The van der Waals surface area contributed by atoms with Crippen LogP contribution in [0.2, 0.25) is 0 Å². The predicted octanol–water partition coefficient (Wildman–Crippen LogP) is 3.27. The van der Waals surface area contributed by atoms with E-state index in [0.29, 0.717) is 29.8 Å². The van der Waals surface area contributed by atoms with Gasteiger partial charge in [0, 0.05) is 17.0 Å². The molecule has 1 aromatic carbocycles. The minimum atomic E-state index is -0.154. The van der Waals surface area contributed by atoms with E-state index >= 15 is 0 Å². The average molecular weight is 417 g/mol. The van der Waals surface area contributed by atoms with E-state index in [9.17, 15) is 4.79 Å². The summed E-state index contributed by atoms with van der Waals surface area (Å²) < 4.78 is 16.1. The van der Waals surface area contributed by atoms with Crippen molar-refractivity contribution >= 4 is 5.91 Å². The molecule has 8 nitrogen and oxygen atoms in total. The normalized spacial score (nSPS) is 15.8. The first-order valence-corrected chi connectivity index (χ1v) is 10.4. The Morgan fingerprint density at radius 3 is 2.57 bits per heavy atom. The zero-order valence-corrected chi connectivity index (χ0v) is 18.5. The predicted molar refractivity (Wildman–Crippen MR) is 113 cm³/mol. The number of aromatic nitrogens is 2. The Labute approximate surface area is 177 Å². The third-order valence-electron chi connectivity index (χ3n) is 5.77. The molecule has 1 amide bonds. The van der Waals surface area contributed by atoms with Crippen LogP contribution < -0.4 is 14.8 Å². The molecule has 0 spiro atoms. The summed E-state index contributed by atoms with van der Waals surface area (Å²) in [6.07, 6.45) is 2.59. The summed E-state index contributed by atoms with van der Waals surface area (Å²) in [5, 5.41) is 7.26. The molecule has 0 bridgehead atoms. The summed E-state index contributed by atoms with van der Waals surface area (Å²) in [6.45, 7) is 8.45. The molecule has 0 saturated carbocycles. The van der Waals surface area contributed by atoms with E-state index in [2.05, 4.69) is 41.1 Å². The Kier molecular flexibility index (Phi) is 6.97. The maximum atomic E-state index is 12.5. The fraction of sp³-hybridized carbons (Fsp3) is 0.591. The molecule has 164 valence electrons. The summed E-state index contributed by atoms with van der Waals surface area (Å²) in [5.41, 5.74) is 0.648. The minimum Gasteiger partial charge on any atom is -0.493 e. The van der Waals surface area contributed by atoms with Gasteiger partial charge in [-0.15, -0.1) is 0 Å². The third kappa shape index (κ3) is 5.30. The van der Waals surface area contributed by atoms with Crippen LogP contribution in [0.25, 0.3) is 11.4 Å². The van der Waals surface area contributed by atoms with Crippen LogP contribution in [-0.4, -0.2) is 53.8 Å². The molecule has 1 aromatic heterocycles. The Morgan fingerprint density at radius 1 is 1.23 bits per heavy atom. The first-order chi connectivity index (χ1) is 14.3. The first kappa shape index (κ1) is 22.1. The molecule has 1 aliphatic rings. The lowest BCUT2D eigenvalue weighted by Gasteiger charge is -2.33. The monoisotopic (exact) mass is 416 g/mol. The van der Waals surface area contributed by atoms with Crippen LogP contribution in [0.3, 0.4) is 0 Å². The minimum absolute atomic E-state index is 0.0667. The van der Waals surface area contributed by atoms with Gasteiger partial charge in [0.15, 0.2) is 11.5 Å². The van der Waals surface area contributed by atoms with E-state index in [4.69, 9.17) is 14.0 Å². The second-order valence-electron chi connectivity index (χ2n) is 8.36. The van der Waals surface area contributed by atoms with Crippen molar-refractivity contribution in [2.75, 3.05) is 27.3 Å². The maximum Gasteiger partial charge on any atom is 0.241 e. The summed E-state index contributed by atoms with van der Waals surface area (Å²) in [4.78, 5) is 19.3. The van der Waals surface area contributed by atoms with Gasteiger partial charge in [-0.05, 0) is 64.4 Å². The molecule has 1 aliphatic heterocycles. The highest BCUT2D eigenvalue weighted by atomic mass is 16.5. The number of ether oxygens (including phenoxy) is 2. The number of carbonyl (C=O) groups is 1. The number of nitrogens with one attached hydrogen (secondary N) is 1. The summed E-state index contributed by atoms with van der Waals surface area (Å²) in [7, 11) is 3.19. The standard InChI is InChI=1S/C22H32N4O4/c1-6-22(2,3)24-21(27)15-9-11-26(12-10-15)14-19-23-20(25-30-19)16-7-8-17(28-4)18(13-16)29-5/h7-8,13,15H,6,9-12,14H2,1-5H3,(H,24,27). The number of likely N-dealkylation sites (tertiary alicyclic amines) is 1. The molecule has 0 radical (unpaired) electrons. The molecule has 1 fully saturated rings. The summed E-state index contributed by atoms with van der Waals surface area (Å²) in [6, 6.07) is 5.52. The van der Waals surface area contributed by atoms with Crippen LogP contribution >= 0.6 is 0 Å². The average Bonchev–Trinajstić information content (AvgIpc) is 3.21. The molecule has 3 rings (SSSR count). The number of methoxy groups -OCH3 is 2. The fourth-order valence-electron chi connectivity index (χ4n) is 3.48. The van der Waals surface area contributed by atoms with E-state index in [-0.39, 0.29) is 17.4 Å². The molecule has 0 aliphatic carbocycles. The smallest absolute Gasteiger partial charge is 0.241 e. The van der Waals surface area contributed by atoms with E-state index in [1.54, 1.807) is 14.2 Å². The number of piperidine rings is 1. The number of benzene rings is 1. The first-order valence-electron chi connectivity index (χ1n) is 10.4. The highest BCUT2D eigenvalue weighted by molar-refractivity contribution is 5.79. The van der Waals surface area contributed by atoms with E-state index in [1.165, 1.54) is 0 Å². The Balaban J connectivity index is 1.56. The van der Waals surface area contributed by atoms with Gasteiger partial charge in [0.1, 0.15) is 0 Å². The third-order valence-corrected chi connectivity index (χ3v) is 5.77. The van der Waals surface area contributed by atoms with Crippen LogP contribution in [0.5, 0.6) is 11.5 Å². The van der Waals surface area contributed by atoms with Crippen molar-refractivity contribution in [3.8, 4) is 22.9 Å². The largest absolute Gasteiger partial charge is 0.493 e.